The van der Waals surface area contributed by atoms with E-state index in [0.29, 0.717) is 18.9 Å². The number of hydrogen-bond donors (Lipinski definition) is 3. The van der Waals surface area contributed by atoms with E-state index in [-0.39, 0.29) is 11.8 Å². The first-order valence-corrected chi connectivity index (χ1v) is 7.30. The summed E-state index contributed by atoms with van der Waals surface area (Å²) in [4.78, 5) is 15.6. The van der Waals surface area contributed by atoms with Crippen molar-refractivity contribution in [3.8, 4) is 5.75 Å². The van der Waals surface area contributed by atoms with Gasteiger partial charge in [-0.05, 0) is 24.1 Å². The van der Waals surface area contributed by atoms with Crippen molar-refractivity contribution in [1.82, 2.24) is 20.5 Å². The fourth-order valence-electron chi connectivity index (χ4n) is 2.45. The molecule has 1 aliphatic rings. The van der Waals surface area contributed by atoms with Gasteiger partial charge in [0, 0.05) is 25.4 Å². The Morgan fingerprint density at radius 1 is 1.36 bits per heavy atom. The zero-order valence-corrected chi connectivity index (χ0v) is 12.4. The molecule has 1 aromatic carbocycles. The zero-order chi connectivity index (χ0) is 15.4. The lowest BCUT2D eigenvalue weighted by Crippen LogP contribution is -2.13. The summed E-state index contributed by atoms with van der Waals surface area (Å²) in [6.45, 7) is 1.37. The maximum Gasteiger partial charge on any atom is 0.242 e. The highest BCUT2D eigenvalue weighted by molar-refractivity contribution is 5.79. The van der Waals surface area contributed by atoms with Crippen LogP contribution in [0.15, 0.2) is 24.3 Å². The maximum absolute atomic E-state index is 11.2. The predicted octanol–water partition coefficient (Wildman–Crippen LogP) is 1.07. The molecule has 0 aliphatic carbocycles. The van der Waals surface area contributed by atoms with Crippen LogP contribution in [0.25, 0.3) is 0 Å². The minimum Gasteiger partial charge on any atom is -0.497 e. The molecule has 0 bridgehead atoms. The number of amides is 1. The van der Waals surface area contributed by atoms with Crippen LogP contribution in [-0.4, -0.2) is 41.3 Å². The van der Waals surface area contributed by atoms with E-state index in [1.54, 1.807) is 7.11 Å². The van der Waals surface area contributed by atoms with Crippen LogP contribution in [0.4, 0.5) is 5.95 Å². The van der Waals surface area contributed by atoms with Gasteiger partial charge in [0.15, 0.2) is 0 Å². The number of aromatic nitrogens is 3. The second kappa shape index (κ2) is 6.46. The molecular formula is C15H19N5O2. The van der Waals surface area contributed by atoms with Gasteiger partial charge >= 0.3 is 0 Å². The molecule has 2 aromatic rings. The van der Waals surface area contributed by atoms with Crippen molar-refractivity contribution < 1.29 is 9.53 Å². The maximum atomic E-state index is 11.2. The number of ether oxygens (including phenoxy) is 1. The second-order valence-electron chi connectivity index (χ2n) is 5.27. The number of hydrogen-bond acceptors (Lipinski definition) is 5. The number of aromatic amines is 1. The van der Waals surface area contributed by atoms with E-state index in [9.17, 15) is 4.79 Å². The summed E-state index contributed by atoms with van der Waals surface area (Å²) < 4.78 is 5.13. The SMILES string of the molecule is COc1ccc(CCNc2n[nH]c(C3CNC(=O)C3)n2)cc1. The molecule has 3 N–H and O–H groups in total. The van der Waals surface area contributed by atoms with Crippen molar-refractivity contribution in [2.24, 2.45) is 0 Å². The van der Waals surface area contributed by atoms with E-state index in [1.165, 1.54) is 5.56 Å². The molecule has 0 saturated carbocycles. The van der Waals surface area contributed by atoms with Crippen LogP contribution in [-0.2, 0) is 11.2 Å². The van der Waals surface area contributed by atoms with Crippen LogP contribution >= 0.6 is 0 Å². The summed E-state index contributed by atoms with van der Waals surface area (Å²) in [6, 6.07) is 7.98. The smallest absolute Gasteiger partial charge is 0.242 e. The van der Waals surface area contributed by atoms with Crippen LogP contribution in [0.5, 0.6) is 5.75 Å². The minimum atomic E-state index is 0.0652. The van der Waals surface area contributed by atoms with Gasteiger partial charge in [-0.3, -0.25) is 9.89 Å². The van der Waals surface area contributed by atoms with Gasteiger partial charge in [0.25, 0.3) is 0 Å². The molecule has 1 atom stereocenters. The van der Waals surface area contributed by atoms with Gasteiger partial charge in [0.05, 0.1) is 7.11 Å². The van der Waals surface area contributed by atoms with Gasteiger partial charge in [0.1, 0.15) is 11.6 Å². The predicted molar refractivity (Wildman–Crippen MR) is 81.9 cm³/mol. The van der Waals surface area contributed by atoms with Crippen LogP contribution < -0.4 is 15.4 Å². The summed E-state index contributed by atoms with van der Waals surface area (Å²) in [7, 11) is 1.66. The average molecular weight is 301 g/mol. The van der Waals surface area contributed by atoms with Gasteiger partial charge in [0.2, 0.25) is 11.9 Å². The van der Waals surface area contributed by atoms with E-state index >= 15 is 0 Å². The van der Waals surface area contributed by atoms with Crippen molar-refractivity contribution >= 4 is 11.9 Å². The highest BCUT2D eigenvalue weighted by Gasteiger charge is 2.25. The third-order valence-electron chi connectivity index (χ3n) is 3.72. The Morgan fingerprint density at radius 2 is 2.18 bits per heavy atom. The van der Waals surface area contributed by atoms with Crippen LogP contribution in [0.2, 0.25) is 0 Å². The topological polar surface area (TPSA) is 91.9 Å². The van der Waals surface area contributed by atoms with Gasteiger partial charge in [-0.1, -0.05) is 12.1 Å². The molecule has 116 valence electrons. The standard InChI is InChI=1S/C15H19N5O2/c1-22-12-4-2-10(3-5-12)6-7-16-15-18-14(19-20-15)11-8-13(21)17-9-11/h2-5,11H,6-9H2,1H3,(H,17,21)(H2,16,18,19,20). The highest BCUT2D eigenvalue weighted by atomic mass is 16.5. The largest absolute Gasteiger partial charge is 0.497 e. The zero-order valence-electron chi connectivity index (χ0n) is 12.4. The average Bonchev–Trinajstić information content (AvgIpc) is 3.17. The second-order valence-corrected chi connectivity index (χ2v) is 5.27. The van der Waals surface area contributed by atoms with Crippen molar-refractivity contribution in [2.75, 3.05) is 25.5 Å². The first-order chi connectivity index (χ1) is 10.7. The fraction of sp³-hybridized carbons (Fsp3) is 0.400. The minimum absolute atomic E-state index is 0.0652. The molecule has 7 nitrogen and oxygen atoms in total. The van der Waals surface area contributed by atoms with E-state index in [4.69, 9.17) is 4.74 Å². The number of anilines is 1. The first-order valence-electron chi connectivity index (χ1n) is 7.30. The number of carbonyl (C=O) groups is 1. The first kappa shape index (κ1) is 14.4. The van der Waals surface area contributed by atoms with E-state index in [1.807, 2.05) is 24.3 Å². The quantitative estimate of drug-likeness (QED) is 0.742. The molecule has 1 fully saturated rings. The van der Waals surface area contributed by atoms with Crippen molar-refractivity contribution in [2.45, 2.75) is 18.8 Å². The number of benzene rings is 1. The molecule has 22 heavy (non-hydrogen) atoms. The summed E-state index contributed by atoms with van der Waals surface area (Å²) in [6.07, 6.45) is 1.35. The molecule has 1 saturated heterocycles. The van der Waals surface area contributed by atoms with Gasteiger partial charge in [-0.15, -0.1) is 5.10 Å². The number of nitrogens with zero attached hydrogens (tertiary/aromatic N) is 2. The van der Waals surface area contributed by atoms with Crippen LogP contribution in [0.3, 0.4) is 0 Å². The molecule has 1 aromatic heterocycles. The Kier molecular flexibility index (Phi) is 4.22. The number of carbonyl (C=O) groups excluding carboxylic acids is 1. The lowest BCUT2D eigenvalue weighted by atomic mass is 10.1. The number of methoxy groups -OCH3 is 1. The molecule has 1 amide bonds. The third kappa shape index (κ3) is 3.36. The number of nitrogens with one attached hydrogen (secondary N) is 3. The monoisotopic (exact) mass is 301 g/mol. The lowest BCUT2D eigenvalue weighted by molar-refractivity contribution is -0.119. The fourth-order valence-corrected chi connectivity index (χ4v) is 2.45. The van der Waals surface area contributed by atoms with E-state index in [2.05, 4.69) is 25.8 Å². The molecule has 0 radical (unpaired) electrons. The van der Waals surface area contributed by atoms with E-state index in [0.717, 1.165) is 24.5 Å². The van der Waals surface area contributed by atoms with E-state index < -0.39 is 0 Å². The van der Waals surface area contributed by atoms with Crippen molar-refractivity contribution in [3.63, 3.8) is 0 Å². The summed E-state index contributed by atoms with van der Waals surface area (Å²) in [5, 5.41) is 13.0. The highest BCUT2D eigenvalue weighted by Crippen LogP contribution is 2.20. The van der Waals surface area contributed by atoms with Crippen molar-refractivity contribution in [3.05, 3.63) is 35.7 Å². The Labute approximate surface area is 128 Å². The van der Waals surface area contributed by atoms with Crippen LogP contribution in [0, 0.1) is 0 Å². The number of rotatable bonds is 6. The molecule has 0 spiro atoms. The van der Waals surface area contributed by atoms with Crippen LogP contribution in [0.1, 0.15) is 23.7 Å². The molecular weight excluding hydrogens is 282 g/mol. The Balaban J connectivity index is 1.49. The van der Waals surface area contributed by atoms with Crippen molar-refractivity contribution in [1.29, 1.82) is 0 Å². The van der Waals surface area contributed by atoms with Gasteiger partial charge < -0.3 is 15.4 Å². The summed E-state index contributed by atoms with van der Waals surface area (Å²) in [5.41, 5.74) is 1.22. The number of H-pyrrole nitrogens is 1. The summed E-state index contributed by atoms with van der Waals surface area (Å²) >= 11 is 0. The molecule has 2 heterocycles. The molecule has 1 aliphatic heterocycles. The molecule has 7 heteroatoms. The van der Waals surface area contributed by atoms with Gasteiger partial charge in [-0.25, -0.2) is 0 Å². The van der Waals surface area contributed by atoms with Gasteiger partial charge in [-0.2, -0.15) is 4.98 Å². The molecule has 1 unspecified atom stereocenters. The normalized spacial score (nSPS) is 17.3. The Morgan fingerprint density at radius 3 is 2.86 bits per heavy atom. The Bertz CT molecular complexity index is 638. The lowest BCUT2D eigenvalue weighted by Gasteiger charge is -2.04. The third-order valence-corrected chi connectivity index (χ3v) is 3.72. The summed E-state index contributed by atoms with van der Waals surface area (Å²) in [5.74, 6) is 2.34. The molecule has 3 rings (SSSR count). The Hall–Kier alpha value is -2.57.